The third-order valence-electron chi connectivity index (χ3n) is 4.99. The first-order valence-corrected chi connectivity index (χ1v) is 12.6. The molecule has 1 atom stereocenters. The van der Waals surface area contributed by atoms with Gasteiger partial charge < -0.3 is 9.47 Å². The topological polar surface area (TPSA) is 94.9 Å². The standard InChI is InChI=1S/C25H22N2O5S2/c1-3-31-23(29)20-18(14-33-25-27-22(28)21(34-25)24(30)32-4-2)26-17-13-9-8-12-16(17)19(20)15-10-6-5-7-11-15/h5-13,21H,3-4,14H2,1-2H3. The number of ether oxygens (including phenoxy) is 2. The van der Waals surface area contributed by atoms with Gasteiger partial charge in [0.25, 0.3) is 5.91 Å². The predicted octanol–water partition coefficient (Wildman–Crippen LogP) is 4.87. The smallest absolute Gasteiger partial charge is 0.340 e. The maximum Gasteiger partial charge on any atom is 0.340 e. The van der Waals surface area contributed by atoms with E-state index < -0.39 is 23.1 Å². The number of thioether (sulfide) groups is 2. The molecule has 0 aliphatic carbocycles. The van der Waals surface area contributed by atoms with E-state index in [0.29, 0.717) is 15.6 Å². The molecule has 2 aromatic carbocycles. The molecule has 9 heteroatoms. The number of aliphatic imine (C=N–C) groups is 1. The summed E-state index contributed by atoms with van der Waals surface area (Å²) in [5.74, 6) is -1.32. The Balaban J connectivity index is 1.73. The van der Waals surface area contributed by atoms with Crippen LogP contribution in [0.1, 0.15) is 29.9 Å². The van der Waals surface area contributed by atoms with Crippen molar-refractivity contribution in [2.75, 3.05) is 13.2 Å². The van der Waals surface area contributed by atoms with Gasteiger partial charge >= 0.3 is 11.9 Å². The van der Waals surface area contributed by atoms with Crippen LogP contribution in [0.15, 0.2) is 59.6 Å². The van der Waals surface area contributed by atoms with Crippen LogP contribution in [0.25, 0.3) is 22.0 Å². The normalized spacial score (nSPS) is 15.3. The lowest BCUT2D eigenvalue weighted by molar-refractivity contribution is -0.144. The summed E-state index contributed by atoms with van der Waals surface area (Å²) in [5.41, 5.74) is 3.28. The molecule has 1 unspecified atom stereocenters. The molecule has 1 aliphatic heterocycles. The molecule has 7 nitrogen and oxygen atoms in total. The number of hydrogen-bond donors (Lipinski definition) is 0. The summed E-state index contributed by atoms with van der Waals surface area (Å²) in [6.45, 7) is 3.86. The van der Waals surface area contributed by atoms with E-state index in [0.717, 1.165) is 33.8 Å². The van der Waals surface area contributed by atoms with Crippen molar-refractivity contribution in [2.45, 2.75) is 24.9 Å². The Morgan fingerprint density at radius 3 is 2.44 bits per heavy atom. The van der Waals surface area contributed by atoms with E-state index in [9.17, 15) is 14.4 Å². The number of amides is 1. The molecule has 0 saturated heterocycles. The molecule has 0 radical (unpaired) electrons. The Morgan fingerprint density at radius 2 is 1.71 bits per heavy atom. The van der Waals surface area contributed by atoms with Crippen LogP contribution in [-0.4, -0.2) is 45.7 Å². The van der Waals surface area contributed by atoms with Crippen LogP contribution in [0.5, 0.6) is 0 Å². The van der Waals surface area contributed by atoms with Gasteiger partial charge in [-0.05, 0) is 25.5 Å². The van der Waals surface area contributed by atoms with Crippen molar-refractivity contribution in [3.63, 3.8) is 0 Å². The molecule has 3 aromatic rings. The van der Waals surface area contributed by atoms with Crippen LogP contribution >= 0.6 is 23.5 Å². The first kappa shape index (κ1) is 24.0. The van der Waals surface area contributed by atoms with E-state index in [1.807, 2.05) is 54.6 Å². The minimum atomic E-state index is -0.989. The summed E-state index contributed by atoms with van der Waals surface area (Å²) in [7, 11) is 0. The number of benzene rings is 2. The maximum atomic E-state index is 13.1. The van der Waals surface area contributed by atoms with Crippen molar-refractivity contribution < 1.29 is 23.9 Å². The number of fused-ring (bicyclic) bond motifs is 1. The molecule has 0 bridgehead atoms. The molecule has 2 heterocycles. The molecule has 1 aliphatic rings. The average molecular weight is 495 g/mol. The number of nitrogens with zero attached hydrogens (tertiary/aromatic N) is 2. The zero-order valence-electron chi connectivity index (χ0n) is 18.6. The number of esters is 2. The first-order valence-electron chi connectivity index (χ1n) is 10.8. The van der Waals surface area contributed by atoms with E-state index in [1.165, 1.54) is 11.8 Å². The first-order chi connectivity index (χ1) is 16.5. The minimum absolute atomic E-state index is 0.192. The fraction of sp³-hybridized carbons (Fsp3) is 0.240. The van der Waals surface area contributed by atoms with Gasteiger partial charge in [0.15, 0.2) is 5.25 Å². The van der Waals surface area contributed by atoms with E-state index in [2.05, 4.69) is 4.99 Å². The molecule has 0 N–H and O–H groups in total. The van der Waals surface area contributed by atoms with Gasteiger partial charge in [-0.3, -0.25) is 14.6 Å². The van der Waals surface area contributed by atoms with Crippen LogP contribution in [0.2, 0.25) is 0 Å². The molecular formula is C25H22N2O5S2. The summed E-state index contributed by atoms with van der Waals surface area (Å²) < 4.78 is 10.8. The van der Waals surface area contributed by atoms with Crippen molar-refractivity contribution in [1.82, 2.24) is 4.98 Å². The van der Waals surface area contributed by atoms with Crippen LogP contribution < -0.4 is 0 Å². The molecule has 174 valence electrons. The fourth-order valence-electron chi connectivity index (χ4n) is 3.58. The minimum Gasteiger partial charge on any atom is -0.465 e. The van der Waals surface area contributed by atoms with Crippen molar-refractivity contribution in [2.24, 2.45) is 4.99 Å². The van der Waals surface area contributed by atoms with Gasteiger partial charge in [0, 0.05) is 16.7 Å². The summed E-state index contributed by atoms with van der Waals surface area (Å²) in [5, 5.41) is -0.146. The van der Waals surface area contributed by atoms with Crippen LogP contribution in [0.3, 0.4) is 0 Å². The number of carbonyl (C=O) groups excluding carboxylic acids is 3. The summed E-state index contributed by atoms with van der Waals surface area (Å²) >= 11 is 2.32. The Labute approximate surface area is 205 Å². The fourth-order valence-corrected chi connectivity index (χ4v) is 5.61. The molecule has 34 heavy (non-hydrogen) atoms. The molecule has 0 saturated carbocycles. The monoisotopic (exact) mass is 494 g/mol. The van der Waals surface area contributed by atoms with Gasteiger partial charge in [-0.1, -0.05) is 72.1 Å². The van der Waals surface area contributed by atoms with Gasteiger partial charge in [-0.15, -0.1) is 0 Å². The second kappa shape index (κ2) is 10.8. The van der Waals surface area contributed by atoms with Crippen molar-refractivity contribution in [3.8, 4) is 11.1 Å². The zero-order chi connectivity index (χ0) is 24.1. The average Bonchev–Trinajstić information content (AvgIpc) is 3.23. The highest BCUT2D eigenvalue weighted by molar-refractivity contribution is 8.39. The Bertz CT molecular complexity index is 1280. The zero-order valence-corrected chi connectivity index (χ0v) is 20.3. The number of pyridine rings is 1. The van der Waals surface area contributed by atoms with Crippen LogP contribution in [0.4, 0.5) is 0 Å². The van der Waals surface area contributed by atoms with E-state index in [4.69, 9.17) is 14.5 Å². The predicted molar refractivity (Wildman–Crippen MR) is 135 cm³/mol. The van der Waals surface area contributed by atoms with Crippen LogP contribution in [-0.2, 0) is 24.8 Å². The molecular weight excluding hydrogens is 472 g/mol. The van der Waals surface area contributed by atoms with Gasteiger partial charge in [-0.25, -0.2) is 4.79 Å². The van der Waals surface area contributed by atoms with Crippen molar-refractivity contribution >= 4 is 56.6 Å². The molecule has 1 aromatic heterocycles. The Hall–Kier alpha value is -3.17. The lowest BCUT2D eigenvalue weighted by Crippen LogP contribution is -2.24. The quantitative estimate of drug-likeness (QED) is 0.339. The van der Waals surface area contributed by atoms with Gasteiger partial charge in [0.2, 0.25) is 0 Å². The molecule has 0 spiro atoms. The van der Waals surface area contributed by atoms with Crippen LogP contribution in [0, 0.1) is 0 Å². The molecule has 1 amide bonds. The summed E-state index contributed by atoms with van der Waals surface area (Å²) in [6, 6.07) is 17.3. The van der Waals surface area contributed by atoms with E-state index in [1.54, 1.807) is 13.8 Å². The third kappa shape index (κ3) is 5.00. The van der Waals surface area contributed by atoms with Crippen molar-refractivity contribution in [3.05, 3.63) is 65.9 Å². The number of para-hydroxylation sites is 1. The number of hydrogen-bond acceptors (Lipinski definition) is 8. The number of carbonyl (C=O) groups is 3. The third-order valence-corrected chi connectivity index (χ3v) is 7.31. The second-order valence-electron chi connectivity index (χ2n) is 7.17. The van der Waals surface area contributed by atoms with Gasteiger partial charge in [-0.2, -0.15) is 4.99 Å². The number of aromatic nitrogens is 1. The molecule has 0 fully saturated rings. The highest BCUT2D eigenvalue weighted by Crippen LogP contribution is 2.37. The van der Waals surface area contributed by atoms with E-state index >= 15 is 0 Å². The summed E-state index contributed by atoms with van der Waals surface area (Å²) in [6.07, 6.45) is 0. The largest absolute Gasteiger partial charge is 0.465 e. The lowest BCUT2D eigenvalue weighted by Gasteiger charge is -2.16. The van der Waals surface area contributed by atoms with E-state index in [-0.39, 0.29) is 19.0 Å². The maximum absolute atomic E-state index is 13.1. The SMILES string of the molecule is CCOC(=O)c1c(CSC2=NC(=O)C(C(=O)OCC)S2)nc2ccccc2c1-c1ccccc1. The number of rotatable bonds is 7. The summed E-state index contributed by atoms with van der Waals surface area (Å²) in [4.78, 5) is 46.1. The van der Waals surface area contributed by atoms with Gasteiger partial charge in [0.05, 0.1) is 30.0 Å². The highest BCUT2D eigenvalue weighted by Gasteiger charge is 2.36. The second-order valence-corrected chi connectivity index (χ2v) is 9.48. The van der Waals surface area contributed by atoms with Gasteiger partial charge in [0.1, 0.15) is 4.38 Å². The highest BCUT2D eigenvalue weighted by atomic mass is 32.2. The van der Waals surface area contributed by atoms with Crippen molar-refractivity contribution in [1.29, 1.82) is 0 Å². The Morgan fingerprint density at radius 1 is 1.00 bits per heavy atom. The Kier molecular flexibility index (Phi) is 7.64. The molecule has 4 rings (SSSR count). The lowest BCUT2D eigenvalue weighted by atomic mass is 9.94.